The Balaban J connectivity index is 2.98. The van der Waals surface area contributed by atoms with Crippen LogP contribution in [0.4, 0.5) is 5.69 Å². The number of ether oxygens (including phenoxy) is 2. The first-order chi connectivity index (χ1) is 8.43. The normalized spacial score (nSPS) is 10.6. The maximum atomic E-state index is 11.8. The molecule has 4 nitrogen and oxygen atoms in total. The van der Waals surface area contributed by atoms with E-state index < -0.39 is 0 Å². The van der Waals surface area contributed by atoms with Crippen molar-refractivity contribution in [1.82, 2.24) is 0 Å². The second kappa shape index (κ2) is 6.28. The lowest BCUT2D eigenvalue weighted by Gasteiger charge is -2.15. The van der Waals surface area contributed by atoms with Crippen LogP contribution in [0.3, 0.4) is 0 Å². The molecular weight excluding hydrogens is 230 g/mol. The summed E-state index contributed by atoms with van der Waals surface area (Å²) < 4.78 is 10.8. The molecule has 0 radical (unpaired) electrons. The third-order valence-electron chi connectivity index (χ3n) is 2.19. The number of hydrogen-bond donors (Lipinski definition) is 1. The molecule has 0 unspecified atom stereocenters. The topological polar surface area (TPSA) is 47.6 Å². The highest BCUT2D eigenvalue weighted by Crippen LogP contribution is 2.27. The van der Waals surface area contributed by atoms with Crippen molar-refractivity contribution in [1.29, 1.82) is 0 Å². The molecule has 0 atom stereocenters. The third kappa shape index (κ3) is 3.95. The molecule has 0 saturated heterocycles. The van der Waals surface area contributed by atoms with Gasteiger partial charge in [0.1, 0.15) is 5.75 Å². The van der Waals surface area contributed by atoms with Crippen LogP contribution in [-0.4, -0.2) is 25.2 Å². The summed E-state index contributed by atoms with van der Waals surface area (Å²) in [5, 5.41) is 3.03. The molecule has 0 bridgehead atoms. The van der Waals surface area contributed by atoms with Gasteiger partial charge in [-0.15, -0.1) is 0 Å². The smallest absolute Gasteiger partial charge is 0.338 e. The zero-order chi connectivity index (χ0) is 13.7. The van der Waals surface area contributed by atoms with Gasteiger partial charge in [-0.1, -0.05) is 0 Å². The minimum absolute atomic E-state index is 0.0495. The summed E-state index contributed by atoms with van der Waals surface area (Å²) in [6.07, 6.45) is -0.0792. The standard InChI is InChI=1S/C14H21NO3/c1-9(2)17-13-8-11(6-7-12(13)15-5)14(16)18-10(3)4/h6-10,15H,1-5H3. The average Bonchev–Trinajstić information content (AvgIpc) is 2.27. The van der Waals surface area contributed by atoms with E-state index in [9.17, 15) is 4.79 Å². The van der Waals surface area contributed by atoms with Crippen molar-refractivity contribution in [2.75, 3.05) is 12.4 Å². The molecule has 0 amide bonds. The summed E-state index contributed by atoms with van der Waals surface area (Å²) in [7, 11) is 1.81. The molecule has 0 fully saturated rings. The number of carbonyl (C=O) groups is 1. The molecular formula is C14H21NO3. The van der Waals surface area contributed by atoms with Crippen LogP contribution in [-0.2, 0) is 4.74 Å². The fourth-order valence-corrected chi connectivity index (χ4v) is 1.49. The quantitative estimate of drug-likeness (QED) is 0.817. The van der Waals surface area contributed by atoms with Gasteiger partial charge in [0.2, 0.25) is 0 Å². The van der Waals surface area contributed by atoms with E-state index in [4.69, 9.17) is 9.47 Å². The summed E-state index contributed by atoms with van der Waals surface area (Å²) >= 11 is 0. The monoisotopic (exact) mass is 251 g/mol. The lowest BCUT2D eigenvalue weighted by Crippen LogP contribution is -2.13. The summed E-state index contributed by atoms with van der Waals surface area (Å²) in [5.41, 5.74) is 1.35. The zero-order valence-corrected chi connectivity index (χ0v) is 11.6. The summed E-state index contributed by atoms with van der Waals surface area (Å²) in [6, 6.07) is 5.24. The maximum absolute atomic E-state index is 11.8. The van der Waals surface area contributed by atoms with Crippen LogP contribution in [0.1, 0.15) is 38.1 Å². The minimum Gasteiger partial charge on any atom is -0.489 e. The van der Waals surface area contributed by atoms with Gasteiger partial charge < -0.3 is 14.8 Å². The summed E-state index contributed by atoms with van der Waals surface area (Å²) in [6.45, 7) is 7.54. The van der Waals surface area contributed by atoms with Crippen molar-refractivity contribution in [2.45, 2.75) is 39.9 Å². The predicted octanol–water partition coefficient (Wildman–Crippen LogP) is 3.08. The van der Waals surface area contributed by atoms with Crippen LogP contribution < -0.4 is 10.1 Å². The van der Waals surface area contributed by atoms with Crippen LogP contribution >= 0.6 is 0 Å². The Morgan fingerprint density at radius 1 is 1.17 bits per heavy atom. The van der Waals surface area contributed by atoms with Gasteiger partial charge in [-0.2, -0.15) is 0 Å². The highest BCUT2D eigenvalue weighted by Gasteiger charge is 2.13. The van der Waals surface area contributed by atoms with Gasteiger partial charge in [0.15, 0.2) is 0 Å². The van der Waals surface area contributed by atoms with Gasteiger partial charge in [0.05, 0.1) is 23.5 Å². The van der Waals surface area contributed by atoms with E-state index in [1.54, 1.807) is 12.1 Å². The molecule has 18 heavy (non-hydrogen) atoms. The molecule has 0 aliphatic heterocycles. The van der Waals surface area contributed by atoms with Crippen LogP contribution in [0.15, 0.2) is 18.2 Å². The third-order valence-corrected chi connectivity index (χ3v) is 2.19. The molecule has 1 aromatic carbocycles. The van der Waals surface area contributed by atoms with Crippen molar-refractivity contribution in [3.05, 3.63) is 23.8 Å². The Morgan fingerprint density at radius 3 is 2.33 bits per heavy atom. The maximum Gasteiger partial charge on any atom is 0.338 e. The molecule has 0 saturated carbocycles. The number of carbonyl (C=O) groups excluding carboxylic acids is 1. The fraction of sp³-hybridized carbons (Fsp3) is 0.500. The number of rotatable bonds is 5. The molecule has 0 aromatic heterocycles. The molecule has 0 aliphatic rings. The van der Waals surface area contributed by atoms with E-state index >= 15 is 0 Å². The summed E-state index contributed by atoms with van der Waals surface area (Å²) in [5.74, 6) is 0.326. The zero-order valence-electron chi connectivity index (χ0n) is 11.6. The van der Waals surface area contributed by atoms with Crippen molar-refractivity contribution < 1.29 is 14.3 Å². The Hall–Kier alpha value is -1.71. The van der Waals surface area contributed by atoms with Crippen LogP contribution in [0.25, 0.3) is 0 Å². The van der Waals surface area contributed by atoms with E-state index in [0.29, 0.717) is 11.3 Å². The lowest BCUT2D eigenvalue weighted by atomic mass is 10.2. The van der Waals surface area contributed by atoms with Crippen LogP contribution in [0, 0.1) is 0 Å². The van der Waals surface area contributed by atoms with Crippen molar-refractivity contribution in [2.24, 2.45) is 0 Å². The number of nitrogens with one attached hydrogen (secondary N) is 1. The molecule has 1 rings (SSSR count). The number of anilines is 1. The SMILES string of the molecule is CNc1ccc(C(=O)OC(C)C)cc1OC(C)C. The van der Waals surface area contributed by atoms with E-state index in [0.717, 1.165) is 5.69 Å². The Labute approximate surface area is 108 Å². The first kappa shape index (κ1) is 14.4. The van der Waals surface area contributed by atoms with E-state index in [-0.39, 0.29) is 18.2 Å². The van der Waals surface area contributed by atoms with Crippen LogP contribution in [0.5, 0.6) is 5.75 Å². The highest BCUT2D eigenvalue weighted by atomic mass is 16.5. The molecule has 1 N–H and O–H groups in total. The van der Waals surface area contributed by atoms with Crippen molar-refractivity contribution in [3.63, 3.8) is 0 Å². The van der Waals surface area contributed by atoms with Gasteiger partial charge in [-0.25, -0.2) is 4.79 Å². The van der Waals surface area contributed by atoms with Gasteiger partial charge >= 0.3 is 5.97 Å². The van der Waals surface area contributed by atoms with Crippen molar-refractivity contribution >= 4 is 11.7 Å². The molecule has 4 heteroatoms. The van der Waals surface area contributed by atoms with Crippen LogP contribution in [0.2, 0.25) is 0 Å². The van der Waals surface area contributed by atoms with Gasteiger partial charge in [0, 0.05) is 7.05 Å². The number of esters is 1. The Morgan fingerprint density at radius 2 is 1.83 bits per heavy atom. The van der Waals surface area contributed by atoms with E-state index in [1.165, 1.54) is 0 Å². The second-order valence-electron chi connectivity index (χ2n) is 4.58. The molecule has 0 spiro atoms. The molecule has 100 valence electrons. The molecule has 0 heterocycles. The van der Waals surface area contributed by atoms with Crippen molar-refractivity contribution in [3.8, 4) is 5.75 Å². The van der Waals surface area contributed by atoms with E-state index in [1.807, 2.05) is 40.8 Å². The number of hydrogen-bond acceptors (Lipinski definition) is 4. The fourth-order valence-electron chi connectivity index (χ4n) is 1.49. The summed E-state index contributed by atoms with van der Waals surface area (Å²) in [4.78, 5) is 11.8. The average molecular weight is 251 g/mol. The van der Waals surface area contributed by atoms with E-state index in [2.05, 4.69) is 5.32 Å². The lowest BCUT2D eigenvalue weighted by molar-refractivity contribution is 0.0377. The second-order valence-corrected chi connectivity index (χ2v) is 4.58. The first-order valence-electron chi connectivity index (χ1n) is 6.13. The number of benzene rings is 1. The Kier molecular flexibility index (Phi) is 5.01. The van der Waals surface area contributed by atoms with Gasteiger partial charge in [-0.05, 0) is 45.9 Å². The van der Waals surface area contributed by atoms with Gasteiger partial charge in [-0.3, -0.25) is 0 Å². The van der Waals surface area contributed by atoms with Gasteiger partial charge in [0.25, 0.3) is 0 Å². The predicted molar refractivity (Wildman–Crippen MR) is 72.3 cm³/mol. The molecule has 1 aromatic rings. The molecule has 0 aliphatic carbocycles. The Bertz CT molecular complexity index is 414. The first-order valence-corrected chi connectivity index (χ1v) is 6.13. The highest BCUT2D eigenvalue weighted by molar-refractivity contribution is 5.90. The largest absolute Gasteiger partial charge is 0.489 e. The minimum atomic E-state index is -0.332.